The molecule has 0 fully saturated rings. The van der Waals surface area contributed by atoms with E-state index in [9.17, 15) is 56.7 Å². The van der Waals surface area contributed by atoms with Crippen molar-refractivity contribution in [2.24, 2.45) is 0 Å². The number of nitrogens with zero attached hydrogens (tertiary/aromatic N) is 3. The number of carboxylic acids is 1. The smallest absolute Gasteiger partial charge is 0.326 e. The lowest BCUT2D eigenvalue weighted by molar-refractivity contribution is -0.139. The third-order valence-electron chi connectivity index (χ3n) is 13.9. The molecule has 32 heteroatoms. The number of anilines is 2. The number of carboxylic acid groups (broad SMARTS) is 1. The summed E-state index contributed by atoms with van der Waals surface area (Å²) in [7, 11) is -3.61. The van der Waals surface area contributed by atoms with Gasteiger partial charge in [-0.25, -0.2) is 23.2 Å². The summed E-state index contributed by atoms with van der Waals surface area (Å²) in [4.78, 5) is 127. The Kier molecular flexibility index (Phi) is 35.9. The van der Waals surface area contributed by atoms with Gasteiger partial charge in [-0.15, -0.1) is 12.3 Å². The molecule has 2 heterocycles. The zero-order valence-corrected chi connectivity index (χ0v) is 55.0. The largest absolute Gasteiger partial charge is 0.480 e. The molecule has 5 rings (SSSR count). The normalized spacial score (nSPS) is 11.8. The highest BCUT2D eigenvalue weighted by atomic mass is 32.2. The molecular weight excluding hydrogens is 1280 g/mol. The maximum atomic E-state index is 13.1. The first-order valence-corrected chi connectivity index (χ1v) is 33.1. The number of aliphatic carboxylic acids is 1. The number of amides is 6. The fraction of sp³-hybridized carbons (Fsp3) is 0.477. The summed E-state index contributed by atoms with van der Waals surface area (Å²) in [6.45, 7) is 5.94. The standard InChI is InChI=1S/C65H86N12O19S/c1-3-4-8-56(80)74-52(62(84)70-27-30-92-32-31-90-28-25-68-55(79)22-21-53(64(86)87)75-61(83)48-15-17-49(18-16-48)71-42-50-43-72-59-58(73-50)63(85)77-65(66)76-59)7-5-6-24-67-57(81)44-96-40-39-95-38-37-94-36-35-93-34-33-91-29-26-69-60(82)47-13-11-46(12-14-47)54(78)23-41-97(88,89)51-19-9-45(2)10-20-51/h1,9-20,43,52-53,71H,4-8,21-42,44H2,2H3,(H,67,81)(H,68,79)(H,69,82)(H,70,84)(H,74,80)(H,75,83)(H,86,87)(H3,66,72,76,77,85)/t52-,53-/m0/s1. The molecule has 2 aromatic heterocycles. The van der Waals surface area contributed by atoms with E-state index in [0.29, 0.717) is 88.0 Å². The Hall–Kier alpha value is -9.33. The molecule has 5 aromatic rings. The van der Waals surface area contributed by atoms with Gasteiger partial charge in [0.15, 0.2) is 26.8 Å². The second-order valence-electron chi connectivity index (χ2n) is 21.5. The zero-order valence-electron chi connectivity index (χ0n) is 54.2. The number of nitrogens with two attached hydrogens (primary N) is 1. The SMILES string of the molecule is C#CCCC(=O)N[C@@H](CCCCNC(=O)COCCOCCOCCOCCOCCNC(=O)c1ccc(C(=O)CCS(=O)(=O)c2ccc(C)cc2)cc1)C(=O)NCCOCCOCCNC(=O)CC[C@H](NC(=O)c1ccc(NCc2cnc3nc(N)[nH]c(=O)c3n2)cc1)C(=O)O. The number of hydrogen-bond acceptors (Lipinski definition) is 23. The van der Waals surface area contributed by atoms with Crippen LogP contribution in [0.1, 0.15) is 93.7 Å². The van der Waals surface area contributed by atoms with E-state index in [1.807, 2.05) is 6.92 Å². The summed E-state index contributed by atoms with van der Waals surface area (Å²) in [6.07, 6.45) is 7.78. The van der Waals surface area contributed by atoms with E-state index in [4.69, 9.17) is 45.3 Å². The molecular formula is C65H86N12O19S. The Bertz CT molecular complexity index is 3540. The highest BCUT2D eigenvalue weighted by Gasteiger charge is 2.24. The van der Waals surface area contributed by atoms with Crippen LogP contribution in [0.5, 0.6) is 0 Å². The van der Waals surface area contributed by atoms with Gasteiger partial charge in [0.2, 0.25) is 29.6 Å². The Balaban J connectivity index is 0.791. The first kappa shape index (κ1) is 78.4. The molecule has 3 aromatic carbocycles. The maximum Gasteiger partial charge on any atom is 0.326 e. The number of nitrogen functional groups attached to an aromatic ring is 1. The number of carbonyl (C=O) groups is 8. The zero-order chi connectivity index (χ0) is 70.1. The summed E-state index contributed by atoms with van der Waals surface area (Å²) in [5, 5.41) is 28.9. The van der Waals surface area contributed by atoms with E-state index >= 15 is 0 Å². The minimum atomic E-state index is -3.61. The number of aromatic amines is 1. The van der Waals surface area contributed by atoms with Crippen LogP contribution in [0.4, 0.5) is 11.6 Å². The summed E-state index contributed by atoms with van der Waals surface area (Å²) in [6, 6.07) is 16.5. The Labute approximate surface area is 561 Å². The molecule has 0 unspecified atom stereocenters. The van der Waals surface area contributed by atoms with Gasteiger partial charge in [-0.3, -0.25) is 43.3 Å². The second-order valence-corrected chi connectivity index (χ2v) is 23.6. The van der Waals surface area contributed by atoms with Crippen molar-refractivity contribution in [1.82, 2.24) is 51.8 Å². The number of carbonyl (C=O) groups excluding carboxylic acids is 7. The van der Waals surface area contributed by atoms with Crippen molar-refractivity contribution in [2.75, 3.05) is 135 Å². The number of benzene rings is 3. The van der Waals surface area contributed by atoms with Crippen LogP contribution in [0, 0.1) is 19.3 Å². The number of rotatable bonds is 50. The number of aryl methyl sites for hydroxylation is 1. The fourth-order valence-electron chi connectivity index (χ4n) is 8.70. The molecule has 97 heavy (non-hydrogen) atoms. The maximum absolute atomic E-state index is 13.1. The van der Waals surface area contributed by atoms with Gasteiger partial charge in [-0.2, -0.15) is 4.98 Å². The van der Waals surface area contributed by atoms with E-state index < -0.39 is 51.2 Å². The monoisotopic (exact) mass is 1370 g/mol. The van der Waals surface area contributed by atoms with Gasteiger partial charge in [-0.05, 0) is 81.1 Å². The van der Waals surface area contributed by atoms with Gasteiger partial charge in [-0.1, -0.05) is 29.8 Å². The van der Waals surface area contributed by atoms with Crippen molar-refractivity contribution in [1.29, 1.82) is 0 Å². The topological polar surface area (TPSA) is 437 Å². The lowest BCUT2D eigenvalue weighted by Crippen LogP contribution is -2.47. The van der Waals surface area contributed by atoms with Gasteiger partial charge in [0, 0.05) is 74.2 Å². The van der Waals surface area contributed by atoms with E-state index in [-0.39, 0.29) is 168 Å². The van der Waals surface area contributed by atoms with Crippen molar-refractivity contribution >= 4 is 79.8 Å². The molecule has 0 bridgehead atoms. The van der Waals surface area contributed by atoms with Crippen LogP contribution in [-0.4, -0.2) is 217 Å². The molecule has 0 saturated heterocycles. The predicted molar refractivity (Wildman–Crippen MR) is 354 cm³/mol. The molecule has 0 aliphatic carbocycles. The van der Waals surface area contributed by atoms with Gasteiger partial charge < -0.3 is 81.2 Å². The average molecular weight is 1370 g/mol. The molecule has 0 spiro atoms. The van der Waals surface area contributed by atoms with Gasteiger partial charge >= 0.3 is 5.97 Å². The number of ether oxygens (including phenoxy) is 7. The number of H-pyrrole nitrogens is 1. The molecule has 11 N–H and O–H groups in total. The minimum absolute atomic E-state index is 0.0297. The molecule has 0 saturated carbocycles. The van der Waals surface area contributed by atoms with Gasteiger partial charge in [0.05, 0.1) is 115 Å². The summed E-state index contributed by atoms with van der Waals surface area (Å²) in [5.41, 5.74) is 7.98. The molecule has 0 aliphatic heterocycles. The highest BCUT2D eigenvalue weighted by molar-refractivity contribution is 7.91. The number of sulfone groups is 1. The first-order chi connectivity index (χ1) is 46.8. The summed E-state index contributed by atoms with van der Waals surface area (Å²) in [5.74, 6) is -2.20. The Morgan fingerprint density at radius 1 is 0.598 bits per heavy atom. The van der Waals surface area contributed by atoms with Crippen LogP contribution in [0.25, 0.3) is 11.2 Å². The third-order valence-corrected chi connectivity index (χ3v) is 15.7. The fourth-order valence-corrected chi connectivity index (χ4v) is 9.94. The number of hydrogen-bond donors (Lipinski definition) is 10. The van der Waals surface area contributed by atoms with Crippen molar-refractivity contribution in [3.8, 4) is 12.3 Å². The number of Topliss-reactive ketones (excluding diaryl/α,β-unsaturated/α-hetero) is 1. The quantitative estimate of drug-likeness (QED) is 0.0148. The van der Waals surface area contributed by atoms with Crippen LogP contribution >= 0.6 is 0 Å². The van der Waals surface area contributed by atoms with Crippen molar-refractivity contribution in [3.63, 3.8) is 0 Å². The van der Waals surface area contributed by atoms with Gasteiger partial charge in [0.1, 0.15) is 18.7 Å². The number of aromatic nitrogens is 4. The van der Waals surface area contributed by atoms with E-state index in [0.717, 1.165) is 5.56 Å². The molecule has 31 nitrogen and oxygen atoms in total. The van der Waals surface area contributed by atoms with Gasteiger partial charge in [0.25, 0.3) is 17.4 Å². The Morgan fingerprint density at radius 2 is 1.15 bits per heavy atom. The van der Waals surface area contributed by atoms with E-state index in [1.165, 1.54) is 54.7 Å². The van der Waals surface area contributed by atoms with Crippen LogP contribution in [-0.2, 0) is 73.5 Å². The van der Waals surface area contributed by atoms with Crippen LogP contribution < -0.4 is 48.5 Å². The summed E-state index contributed by atoms with van der Waals surface area (Å²) >= 11 is 0. The molecule has 6 amide bonds. The predicted octanol–water partition coefficient (Wildman–Crippen LogP) is 1.19. The van der Waals surface area contributed by atoms with Crippen molar-refractivity contribution in [2.45, 2.75) is 81.8 Å². The molecule has 526 valence electrons. The first-order valence-electron chi connectivity index (χ1n) is 31.5. The summed E-state index contributed by atoms with van der Waals surface area (Å²) < 4.78 is 63.6. The molecule has 0 aliphatic rings. The van der Waals surface area contributed by atoms with Crippen LogP contribution in [0.2, 0.25) is 0 Å². The molecule has 0 radical (unpaired) electrons. The Morgan fingerprint density at radius 3 is 1.77 bits per heavy atom. The highest BCUT2D eigenvalue weighted by Crippen LogP contribution is 2.17. The lowest BCUT2D eigenvalue weighted by Gasteiger charge is -2.18. The third kappa shape index (κ3) is 31.4. The van der Waals surface area contributed by atoms with E-state index in [1.54, 1.807) is 24.3 Å². The average Bonchev–Trinajstić information content (AvgIpc) is 0.833. The minimum Gasteiger partial charge on any atom is -0.480 e. The lowest BCUT2D eigenvalue weighted by atomic mass is 10.1. The van der Waals surface area contributed by atoms with Crippen molar-refractivity contribution in [3.05, 3.63) is 117 Å². The second kappa shape index (κ2) is 44.4. The van der Waals surface area contributed by atoms with Crippen LogP contribution in [0.3, 0.4) is 0 Å². The number of ketones is 1. The molecule has 2 atom stereocenters. The van der Waals surface area contributed by atoms with Crippen molar-refractivity contribution < 1.29 is 85.0 Å². The number of terminal acetylenes is 1. The van der Waals surface area contributed by atoms with E-state index in [2.05, 4.69) is 63.1 Å². The number of fused-ring (bicyclic) bond motifs is 1. The number of unbranched alkanes of at least 4 members (excludes halogenated alkanes) is 1. The number of nitrogens with one attached hydrogen (secondary N) is 8. The van der Waals surface area contributed by atoms with Crippen LogP contribution in [0.15, 0.2) is 88.7 Å².